The van der Waals surface area contributed by atoms with E-state index in [0.29, 0.717) is 10.0 Å². The summed E-state index contributed by atoms with van der Waals surface area (Å²) in [6, 6.07) is 11.1. The number of ketones is 1. The summed E-state index contributed by atoms with van der Waals surface area (Å²) in [5.41, 5.74) is 1.60. The van der Waals surface area contributed by atoms with Crippen molar-refractivity contribution in [3.63, 3.8) is 0 Å². The normalized spacial score (nSPS) is 22.2. The molecule has 37 heavy (non-hydrogen) atoms. The Morgan fingerprint density at radius 3 is 2.51 bits per heavy atom. The molecule has 0 aromatic heterocycles. The number of β-amino-alcohol motifs (C(OH)–C–C–N with tert-alkyl or cyclic N) is 1. The lowest BCUT2D eigenvalue weighted by molar-refractivity contribution is -0.387. The maximum atomic E-state index is 13.2. The number of carbonyl (C=O) groups is 2. The number of aliphatic hydroxyl groups is 1. The van der Waals surface area contributed by atoms with Crippen molar-refractivity contribution in [3.05, 3.63) is 76.0 Å². The molecule has 0 spiro atoms. The molecule has 1 unspecified atom stereocenters. The molecule has 4 rings (SSSR count). The van der Waals surface area contributed by atoms with Crippen LogP contribution in [-0.4, -0.2) is 66.9 Å². The van der Waals surface area contributed by atoms with E-state index in [1.165, 1.54) is 18.2 Å². The van der Waals surface area contributed by atoms with E-state index in [2.05, 4.69) is 0 Å². The van der Waals surface area contributed by atoms with Crippen LogP contribution in [-0.2, 0) is 29.8 Å². The Hall–Kier alpha value is -3.61. The smallest absolute Gasteiger partial charge is 0.325 e. The van der Waals surface area contributed by atoms with Crippen LogP contribution in [0.2, 0.25) is 0 Å². The number of nitrogens with zero attached hydrogens (tertiary/aromatic N) is 3. The standard InChI is InChI=1S/C25H27N3O8S/c1-25(2)18-8-4-5-9-19(18)26(3)23(25)13-17(30)15-36-24(31)21-12-16(29)14-27(21)37(34,35)22-11-7-6-10-20(22)28(32)33/h4-11,13,16,21,29H,12,14-15H2,1-3H3/b23-13-/t16?,21-/m0/s1. The maximum Gasteiger partial charge on any atom is 0.325 e. The fraction of sp³-hybridized carbons (Fsp3) is 0.360. The van der Waals surface area contributed by atoms with Crippen LogP contribution in [0, 0.1) is 10.1 Å². The lowest BCUT2D eigenvalue weighted by Gasteiger charge is -2.24. The molecule has 0 amide bonds. The SMILES string of the molecule is CN1/C(=C\C(=O)COC(=O)[C@@H]2CC(O)CN2S(=O)(=O)c2ccccc2[N+](=O)[O-])C(C)(C)c2ccccc21. The van der Waals surface area contributed by atoms with Gasteiger partial charge in [0, 0.05) is 49.0 Å². The zero-order valence-corrected chi connectivity index (χ0v) is 21.3. The molecule has 0 bridgehead atoms. The van der Waals surface area contributed by atoms with E-state index in [4.69, 9.17) is 4.74 Å². The third kappa shape index (κ3) is 4.75. The number of ether oxygens (including phenoxy) is 1. The Bertz CT molecular complexity index is 1400. The number of carbonyl (C=O) groups excluding carboxylic acids is 2. The molecule has 1 fully saturated rings. The molecule has 0 aliphatic carbocycles. The van der Waals surface area contributed by atoms with Gasteiger partial charge in [-0.3, -0.25) is 19.7 Å². The fourth-order valence-corrected chi connectivity index (χ4v) is 6.69. The molecule has 0 saturated carbocycles. The van der Waals surface area contributed by atoms with Crippen molar-refractivity contribution in [3.8, 4) is 0 Å². The number of hydrogen-bond donors (Lipinski definition) is 1. The highest BCUT2D eigenvalue weighted by molar-refractivity contribution is 7.89. The maximum absolute atomic E-state index is 13.2. The molecule has 11 nitrogen and oxygen atoms in total. The second kappa shape index (κ2) is 9.69. The van der Waals surface area contributed by atoms with Gasteiger partial charge in [-0.25, -0.2) is 8.42 Å². The average molecular weight is 530 g/mol. The van der Waals surface area contributed by atoms with Gasteiger partial charge in [0.2, 0.25) is 0 Å². The van der Waals surface area contributed by atoms with Crippen LogP contribution in [0.5, 0.6) is 0 Å². The van der Waals surface area contributed by atoms with Gasteiger partial charge in [0.25, 0.3) is 15.7 Å². The highest BCUT2D eigenvalue weighted by Crippen LogP contribution is 2.46. The van der Waals surface area contributed by atoms with E-state index < -0.39 is 68.0 Å². The zero-order valence-electron chi connectivity index (χ0n) is 20.5. The molecule has 2 heterocycles. The highest BCUT2D eigenvalue weighted by atomic mass is 32.2. The molecule has 2 atom stereocenters. The summed E-state index contributed by atoms with van der Waals surface area (Å²) >= 11 is 0. The van der Waals surface area contributed by atoms with Gasteiger partial charge in [-0.15, -0.1) is 0 Å². The van der Waals surface area contributed by atoms with E-state index >= 15 is 0 Å². The lowest BCUT2D eigenvalue weighted by atomic mass is 9.83. The first kappa shape index (κ1) is 26.5. The molecule has 1 N–H and O–H groups in total. The van der Waals surface area contributed by atoms with Crippen LogP contribution in [0.25, 0.3) is 0 Å². The molecule has 0 radical (unpaired) electrons. The minimum absolute atomic E-state index is 0.265. The van der Waals surface area contributed by atoms with Crippen molar-refractivity contribution in [1.29, 1.82) is 0 Å². The topological polar surface area (TPSA) is 147 Å². The number of fused-ring (bicyclic) bond motifs is 1. The average Bonchev–Trinajstić information content (AvgIpc) is 3.35. The molecule has 1 saturated heterocycles. The minimum atomic E-state index is -4.52. The van der Waals surface area contributed by atoms with Crippen molar-refractivity contribution in [2.45, 2.75) is 42.7 Å². The molecular weight excluding hydrogens is 502 g/mol. The fourth-order valence-electron chi connectivity index (χ4n) is 4.91. The number of hydrogen-bond acceptors (Lipinski definition) is 9. The van der Waals surface area contributed by atoms with Crippen molar-refractivity contribution >= 4 is 33.2 Å². The van der Waals surface area contributed by atoms with Crippen LogP contribution in [0.1, 0.15) is 25.8 Å². The number of esters is 1. The number of allylic oxidation sites excluding steroid dienone is 1. The van der Waals surface area contributed by atoms with Crippen LogP contribution in [0.15, 0.2) is 65.2 Å². The summed E-state index contributed by atoms with van der Waals surface area (Å²) in [6.07, 6.45) is -0.0446. The number of nitro benzene ring substituents is 1. The van der Waals surface area contributed by atoms with Gasteiger partial charge in [-0.2, -0.15) is 4.31 Å². The predicted molar refractivity (Wildman–Crippen MR) is 133 cm³/mol. The van der Waals surface area contributed by atoms with Crippen molar-refractivity contribution in [2.24, 2.45) is 0 Å². The Morgan fingerprint density at radius 2 is 1.84 bits per heavy atom. The molecule has 196 valence electrons. The number of sulfonamides is 1. The van der Waals surface area contributed by atoms with Gasteiger partial charge < -0.3 is 14.7 Å². The second-order valence-corrected chi connectivity index (χ2v) is 11.4. The number of anilines is 1. The number of rotatable bonds is 7. The summed E-state index contributed by atoms with van der Waals surface area (Å²) in [5.74, 6) is -1.52. The van der Waals surface area contributed by atoms with Gasteiger partial charge in [0.1, 0.15) is 6.04 Å². The number of aliphatic hydroxyl groups excluding tert-OH is 1. The molecule has 2 aromatic rings. The largest absolute Gasteiger partial charge is 0.456 e. The molecule has 12 heteroatoms. The molecule has 2 aliphatic rings. The molecular formula is C25H27N3O8S. The summed E-state index contributed by atoms with van der Waals surface area (Å²) in [5, 5.41) is 21.5. The quantitative estimate of drug-likeness (QED) is 0.246. The lowest BCUT2D eigenvalue weighted by Crippen LogP contribution is -2.42. The Balaban J connectivity index is 1.50. The van der Waals surface area contributed by atoms with Gasteiger partial charge >= 0.3 is 5.97 Å². The second-order valence-electron chi connectivity index (χ2n) is 9.51. The van der Waals surface area contributed by atoms with Gasteiger partial charge in [0.15, 0.2) is 17.3 Å². The first-order chi connectivity index (χ1) is 17.4. The van der Waals surface area contributed by atoms with E-state index in [1.807, 2.05) is 50.1 Å². The van der Waals surface area contributed by atoms with Crippen LogP contribution >= 0.6 is 0 Å². The van der Waals surface area contributed by atoms with E-state index in [-0.39, 0.29) is 6.42 Å². The van der Waals surface area contributed by atoms with Crippen molar-refractivity contribution in [1.82, 2.24) is 4.31 Å². The number of nitro groups is 1. The highest BCUT2D eigenvalue weighted by Gasteiger charge is 2.46. The monoisotopic (exact) mass is 529 g/mol. The summed E-state index contributed by atoms with van der Waals surface area (Å²) in [4.78, 5) is 37.4. The summed E-state index contributed by atoms with van der Waals surface area (Å²) in [6.45, 7) is 2.88. The van der Waals surface area contributed by atoms with E-state index in [9.17, 15) is 33.2 Å². The minimum Gasteiger partial charge on any atom is -0.456 e. The van der Waals surface area contributed by atoms with Crippen LogP contribution < -0.4 is 4.90 Å². The number of benzene rings is 2. The molecule has 2 aromatic carbocycles. The van der Waals surface area contributed by atoms with Crippen molar-refractivity contribution < 1.29 is 32.8 Å². The van der Waals surface area contributed by atoms with Crippen LogP contribution in [0.4, 0.5) is 11.4 Å². The van der Waals surface area contributed by atoms with Crippen molar-refractivity contribution in [2.75, 3.05) is 25.1 Å². The Labute approximate surface area is 214 Å². The summed E-state index contributed by atoms with van der Waals surface area (Å²) < 4.78 is 32.3. The first-order valence-corrected chi connectivity index (χ1v) is 13.0. The van der Waals surface area contributed by atoms with E-state index in [0.717, 1.165) is 23.4 Å². The summed E-state index contributed by atoms with van der Waals surface area (Å²) in [7, 11) is -2.69. The third-order valence-corrected chi connectivity index (χ3v) is 8.67. The van der Waals surface area contributed by atoms with Gasteiger partial charge in [0.05, 0.1) is 11.0 Å². The molecule has 2 aliphatic heterocycles. The third-order valence-electron chi connectivity index (χ3n) is 6.75. The van der Waals surface area contributed by atoms with Gasteiger partial charge in [-0.1, -0.05) is 44.2 Å². The zero-order chi connectivity index (χ0) is 27.1. The first-order valence-electron chi connectivity index (χ1n) is 11.5. The Kier molecular flexibility index (Phi) is 6.93. The van der Waals surface area contributed by atoms with E-state index in [1.54, 1.807) is 0 Å². The Morgan fingerprint density at radius 1 is 1.19 bits per heavy atom. The number of para-hydroxylation sites is 2. The van der Waals surface area contributed by atoms with Crippen LogP contribution in [0.3, 0.4) is 0 Å². The number of likely N-dealkylation sites (N-methyl/N-ethyl adjacent to an activating group) is 1. The van der Waals surface area contributed by atoms with Gasteiger partial charge in [-0.05, 0) is 17.7 Å². The predicted octanol–water partition coefficient (Wildman–Crippen LogP) is 2.14.